The molecule has 0 spiro atoms. The van der Waals surface area contributed by atoms with Gasteiger partial charge in [-0.05, 0) is 25.8 Å². The summed E-state index contributed by atoms with van der Waals surface area (Å²) in [6.07, 6.45) is 3.22. The highest BCUT2D eigenvalue weighted by molar-refractivity contribution is 4.92. The molecule has 2 N–H and O–H groups in total. The van der Waals surface area contributed by atoms with Crippen LogP contribution >= 0.6 is 0 Å². The molecule has 0 aliphatic carbocycles. The molecule has 78 valence electrons. The third-order valence-electron chi connectivity index (χ3n) is 2.86. The second-order valence-electron chi connectivity index (χ2n) is 3.82. The molecule has 0 amide bonds. The van der Waals surface area contributed by atoms with Crippen LogP contribution in [0.1, 0.15) is 33.1 Å². The molecule has 1 aliphatic heterocycles. The Hall–Kier alpha value is -0.120. The number of likely N-dealkylation sites (N-methyl/N-ethyl adjacent to an activating group) is 1. The first-order chi connectivity index (χ1) is 6.26. The molecule has 0 aromatic rings. The second kappa shape index (κ2) is 4.94. The third kappa shape index (κ3) is 2.66. The summed E-state index contributed by atoms with van der Waals surface area (Å²) in [6.45, 7) is 6.11. The third-order valence-corrected chi connectivity index (χ3v) is 2.86. The van der Waals surface area contributed by atoms with Crippen molar-refractivity contribution in [3.05, 3.63) is 0 Å². The Labute approximate surface area is 80.5 Å². The zero-order chi connectivity index (χ0) is 9.73. The molecule has 0 radical (unpaired) electrons. The molecule has 0 aromatic carbocycles. The van der Waals surface area contributed by atoms with E-state index in [4.69, 9.17) is 4.74 Å². The lowest BCUT2D eigenvalue weighted by Gasteiger charge is -2.40. The number of nitrogens with one attached hydrogen (secondary N) is 1. The van der Waals surface area contributed by atoms with Crippen LogP contribution in [0.15, 0.2) is 0 Å². The lowest BCUT2D eigenvalue weighted by atomic mass is 9.86. The molecule has 1 heterocycles. The van der Waals surface area contributed by atoms with E-state index >= 15 is 0 Å². The Balaban J connectivity index is 2.53. The highest BCUT2D eigenvalue weighted by Crippen LogP contribution is 2.25. The maximum Gasteiger partial charge on any atom is 0.0615 e. The summed E-state index contributed by atoms with van der Waals surface area (Å²) in [6, 6.07) is 0. The zero-order valence-corrected chi connectivity index (χ0v) is 8.68. The van der Waals surface area contributed by atoms with Gasteiger partial charge in [-0.2, -0.15) is 0 Å². The molecule has 0 aromatic heterocycles. The highest BCUT2D eigenvalue weighted by Gasteiger charge is 2.34. The highest BCUT2D eigenvalue weighted by atomic mass is 16.5. The molecule has 1 rings (SSSR count). The first-order valence-electron chi connectivity index (χ1n) is 5.24. The summed E-state index contributed by atoms with van der Waals surface area (Å²) >= 11 is 0. The normalized spacial score (nSPS) is 34.8. The van der Waals surface area contributed by atoms with Gasteiger partial charge in [-0.25, -0.2) is 0 Å². The van der Waals surface area contributed by atoms with Gasteiger partial charge in [-0.15, -0.1) is 0 Å². The van der Waals surface area contributed by atoms with E-state index in [2.05, 4.69) is 19.2 Å². The minimum absolute atomic E-state index is 0.0757. The number of ether oxygens (including phenoxy) is 1. The van der Waals surface area contributed by atoms with Crippen molar-refractivity contribution in [2.45, 2.75) is 44.8 Å². The summed E-state index contributed by atoms with van der Waals surface area (Å²) in [5, 5.41) is 12.7. The largest absolute Gasteiger partial charge is 0.394 e. The predicted octanol–water partition coefficient (Wildman–Crippen LogP) is 0.916. The molecule has 13 heavy (non-hydrogen) atoms. The number of aliphatic hydroxyl groups is 1. The molecule has 0 saturated carbocycles. The van der Waals surface area contributed by atoms with Crippen molar-refractivity contribution in [3.8, 4) is 0 Å². The molecule has 2 unspecified atom stereocenters. The van der Waals surface area contributed by atoms with Crippen LogP contribution in [0.3, 0.4) is 0 Å². The Morgan fingerprint density at radius 3 is 2.85 bits per heavy atom. The average molecular weight is 187 g/mol. The van der Waals surface area contributed by atoms with Crippen molar-refractivity contribution < 1.29 is 9.84 Å². The summed E-state index contributed by atoms with van der Waals surface area (Å²) in [5.74, 6) is 0. The molecule has 2 atom stereocenters. The molecule has 1 fully saturated rings. The zero-order valence-electron chi connectivity index (χ0n) is 8.68. The van der Waals surface area contributed by atoms with Crippen LogP contribution < -0.4 is 5.32 Å². The first kappa shape index (κ1) is 11.0. The van der Waals surface area contributed by atoms with E-state index in [1.54, 1.807) is 0 Å². The first-order valence-corrected chi connectivity index (χ1v) is 5.24. The molecule has 3 heteroatoms. The fourth-order valence-electron chi connectivity index (χ4n) is 2.02. The van der Waals surface area contributed by atoms with E-state index in [0.29, 0.717) is 6.10 Å². The Morgan fingerprint density at radius 1 is 1.54 bits per heavy atom. The van der Waals surface area contributed by atoms with Gasteiger partial charge in [0.05, 0.1) is 12.7 Å². The van der Waals surface area contributed by atoms with Crippen LogP contribution in [0.5, 0.6) is 0 Å². The van der Waals surface area contributed by atoms with Gasteiger partial charge in [-0.1, -0.05) is 13.8 Å². The maximum atomic E-state index is 9.37. The minimum Gasteiger partial charge on any atom is -0.394 e. The van der Waals surface area contributed by atoms with Gasteiger partial charge in [0.1, 0.15) is 0 Å². The monoisotopic (exact) mass is 187 g/mol. The van der Waals surface area contributed by atoms with Crippen molar-refractivity contribution in [1.29, 1.82) is 0 Å². The van der Waals surface area contributed by atoms with Gasteiger partial charge < -0.3 is 15.2 Å². The summed E-state index contributed by atoms with van der Waals surface area (Å²) < 4.78 is 5.58. The minimum atomic E-state index is -0.0757. The fraction of sp³-hybridized carbons (Fsp3) is 1.00. The SMILES string of the molecule is CCNC1(CO)CCOC(CC)C1. The number of hydrogen-bond donors (Lipinski definition) is 2. The smallest absolute Gasteiger partial charge is 0.0615 e. The van der Waals surface area contributed by atoms with Crippen LogP contribution in [0.2, 0.25) is 0 Å². The molecule has 3 nitrogen and oxygen atoms in total. The molecular weight excluding hydrogens is 166 g/mol. The predicted molar refractivity (Wildman–Crippen MR) is 52.8 cm³/mol. The molecule has 1 saturated heterocycles. The van der Waals surface area contributed by atoms with Crippen LogP contribution in [0, 0.1) is 0 Å². The Bertz CT molecular complexity index is 148. The fourth-order valence-corrected chi connectivity index (χ4v) is 2.02. The van der Waals surface area contributed by atoms with Crippen molar-refractivity contribution in [2.75, 3.05) is 19.8 Å². The second-order valence-corrected chi connectivity index (χ2v) is 3.82. The lowest BCUT2D eigenvalue weighted by molar-refractivity contribution is -0.0453. The van der Waals surface area contributed by atoms with E-state index in [9.17, 15) is 5.11 Å². The van der Waals surface area contributed by atoms with Gasteiger partial charge in [0.2, 0.25) is 0 Å². The number of rotatable bonds is 4. The topological polar surface area (TPSA) is 41.5 Å². The van der Waals surface area contributed by atoms with Gasteiger partial charge >= 0.3 is 0 Å². The van der Waals surface area contributed by atoms with Crippen molar-refractivity contribution >= 4 is 0 Å². The van der Waals surface area contributed by atoms with Gasteiger partial charge in [0.15, 0.2) is 0 Å². The van der Waals surface area contributed by atoms with Crippen molar-refractivity contribution in [2.24, 2.45) is 0 Å². The average Bonchev–Trinajstić information content (AvgIpc) is 2.19. The lowest BCUT2D eigenvalue weighted by Crippen LogP contribution is -2.54. The van der Waals surface area contributed by atoms with Gasteiger partial charge in [-0.3, -0.25) is 0 Å². The Kier molecular flexibility index (Phi) is 4.16. The summed E-state index contributed by atoms with van der Waals surface area (Å²) in [4.78, 5) is 0. The van der Waals surface area contributed by atoms with Crippen LogP contribution in [-0.2, 0) is 4.74 Å². The van der Waals surface area contributed by atoms with Crippen molar-refractivity contribution in [1.82, 2.24) is 5.32 Å². The summed E-state index contributed by atoms with van der Waals surface area (Å²) in [7, 11) is 0. The van der Waals surface area contributed by atoms with Crippen molar-refractivity contribution in [3.63, 3.8) is 0 Å². The van der Waals surface area contributed by atoms with E-state index in [1.165, 1.54) is 0 Å². The van der Waals surface area contributed by atoms with E-state index in [0.717, 1.165) is 32.4 Å². The summed E-state index contributed by atoms with van der Waals surface area (Å²) in [5.41, 5.74) is -0.0757. The number of hydrogen-bond acceptors (Lipinski definition) is 3. The van der Waals surface area contributed by atoms with Crippen LogP contribution in [0.25, 0.3) is 0 Å². The standard InChI is InChI=1S/C10H21NO2/c1-3-9-7-10(8-12,11-4-2)5-6-13-9/h9,11-12H,3-8H2,1-2H3. The number of aliphatic hydroxyl groups excluding tert-OH is 1. The Morgan fingerprint density at radius 2 is 2.31 bits per heavy atom. The van der Waals surface area contributed by atoms with Gasteiger partial charge in [0.25, 0.3) is 0 Å². The van der Waals surface area contributed by atoms with Crippen LogP contribution in [-0.4, -0.2) is 36.5 Å². The molecule has 0 bridgehead atoms. The molecule has 1 aliphatic rings. The van der Waals surface area contributed by atoms with E-state index in [1.807, 2.05) is 0 Å². The molecular formula is C10H21NO2. The van der Waals surface area contributed by atoms with Gasteiger partial charge in [0, 0.05) is 12.1 Å². The van der Waals surface area contributed by atoms with E-state index < -0.39 is 0 Å². The van der Waals surface area contributed by atoms with E-state index in [-0.39, 0.29) is 12.1 Å². The maximum absolute atomic E-state index is 9.37. The van der Waals surface area contributed by atoms with Crippen LogP contribution in [0.4, 0.5) is 0 Å². The quantitative estimate of drug-likeness (QED) is 0.687.